The quantitative estimate of drug-likeness (QED) is 0.175. The maximum atomic E-state index is 7.25. The predicted octanol–water partition coefficient (Wildman–Crippen LogP) is 14.1. The molecule has 0 saturated carbocycles. The van der Waals surface area contributed by atoms with Crippen molar-refractivity contribution >= 4 is 21.8 Å². The van der Waals surface area contributed by atoms with Gasteiger partial charge in [-0.15, -0.1) is 0 Å². The lowest BCUT2D eigenvalue weighted by Gasteiger charge is -2.40. The maximum absolute atomic E-state index is 7.25. The molecule has 1 aliphatic heterocycles. The Labute approximate surface area is 369 Å². The number of benzene rings is 8. The summed E-state index contributed by atoms with van der Waals surface area (Å²) in [5.74, 6) is 1.69. The second kappa shape index (κ2) is 12.2. The molecule has 4 heterocycles. The number of ether oxygens (including phenoxy) is 1. The lowest BCUT2D eigenvalue weighted by molar-refractivity contribution is 0.435. The molecule has 15 rings (SSSR count). The van der Waals surface area contributed by atoms with Crippen LogP contribution in [-0.4, -0.2) is 14.5 Å². The van der Waals surface area contributed by atoms with Crippen LogP contribution in [0.1, 0.15) is 44.5 Å². The third-order valence-electron chi connectivity index (χ3n) is 14.8. The first-order valence-electron chi connectivity index (χ1n) is 22.1. The van der Waals surface area contributed by atoms with Gasteiger partial charge in [0.1, 0.15) is 11.5 Å². The Morgan fingerprint density at radius 3 is 1.72 bits per heavy atom. The molecule has 0 fully saturated rings. The van der Waals surface area contributed by atoms with Gasteiger partial charge in [0.2, 0.25) is 0 Å². The topological polar surface area (TPSA) is 39.9 Å². The van der Waals surface area contributed by atoms with Gasteiger partial charge in [-0.05, 0) is 110 Å². The number of para-hydroxylation sites is 3. The Morgan fingerprint density at radius 2 is 0.953 bits per heavy atom. The molecule has 3 aromatic heterocycles. The van der Waals surface area contributed by atoms with E-state index in [1.807, 2.05) is 12.4 Å². The van der Waals surface area contributed by atoms with Gasteiger partial charge in [0.25, 0.3) is 0 Å². The summed E-state index contributed by atoms with van der Waals surface area (Å²) in [6.45, 7) is 0. The van der Waals surface area contributed by atoms with Crippen LogP contribution in [-0.2, 0) is 10.8 Å². The smallest absolute Gasteiger partial charge is 0.132 e. The van der Waals surface area contributed by atoms with Crippen LogP contribution in [0, 0.1) is 0 Å². The van der Waals surface area contributed by atoms with Gasteiger partial charge in [-0.25, -0.2) is 0 Å². The molecular formula is C60H35N3O. The SMILES string of the molecule is c1ccc(-c2ccc3c(c2)-c2ccccc2C32c3ccccc3-c3cc4c(cc32)Oc2ccccc2C42c3cccnc3-c3ncc(-n4c5ccccc5c5ccccc54)cc32)cc1. The van der Waals surface area contributed by atoms with Crippen LogP contribution >= 0.6 is 0 Å². The monoisotopic (exact) mass is 813 g/mol. The third-order valence-corrected chi connectivity index (χ3v) is 14.8. The van der Waals surface area contributed by atoms with E-state index in [4.69, 9.17) is 14.7 Å². The third kappa shape index (κ3) is 4.05. The molecule has 0 amide bonds. The zero-order valence-electron chi connectivity index (χ0n) is 34.5. The molecule has 8 aromatic carbocycles. The molecule has 0 bridgehead atoms. The van der Waals surface area contributed by atoms with Crippen LogP contribution in [0.15, 0.2) is 213 Å². The highest BCUT2D eigenvalue weighted by Crippen LogP contribution is 2.67. The molecule has 2 unspecified atom stereocenters. The minimum Gasteiger partial charge on any atom is -0.457 e. The van der Waals surface area contributed by atoms with Gasteiger partial charge in [-0.2, -0.15) is 0 Å². The first-order chi connectivity index (χ1) is 31.7. The fraction of sp³-hybridized carbons (Fsp3) is 0.0333. The van der Waals surface area contributed by atoms with Crippen LogP contribution in [0.2, 0.25) is 0 Å². The first kappa shape index (κ1) is 34.3. The van der Waals surface area contributed by atoms with Gasteiger partial charge in [0.05, 0.1) is 45.1 Å². The molecule has 296 valence electrons. The van der Waals surface area contributed by atoms with Gasteiger partial charge in [0.15, 0.2) is 0 Å². The van der Waals surface area contributed by atoms with Gasteiger partial charge < -0.3 is 9.30 Å². The summed E-state index contributed by atoms with van der Waals surface area (Å²) in [5, 5.41) is 2.43. The Hall–Kier alpha value is -8.34. The molecule has 4 heteroatoms. The number of hydrogen-bond acceptors (Lipinski definition) is 3. The van der Waals surface area contributed by atoms with E-state index < -0.39 is 10.8 Å². The van der Waals surface area contributed by atoms with Crippen molar-refractivity contribution in [3.63, 3.8) is 0 Å². The first-order valence-corrected chi connectivity index (χ1v) is 22.1. The normalized spacial score (nSPS) is 17.6. The van der Waals surface area contributed by atoms with Crippen LogP contribution in [0.3, 0.4) is 0 Å². The molecule has 4 nitrogen and oxygen atoms in total. The van der Waals surface area contributed by atoms with Crippen LogP contribution < -0.4 is 4.74 Å². The number of pyridine rings is 2. The fourth-order valence-corrected chi connectivity index (χ4v) is 12.4. The van der Waals surface area contributed by atoms with E-state index in [2.05, 4.69) is 205 Å². The summed E-state index contributed by atoms with van der Waals surface area (Å²) in [5.41, 5.74) is 20.7. The molecule has 64 heavy (non-hydrogen) atoms. The molecule has 0 radical (unpaired) electrons. The second-order valence-corrected chi connectivity index (χ2v) is 17.6. The highest BCUT2D eigenvalue weighted by Gasteiger charge is 2.56. The molecule has 0 saturated heterocycles. The van der Waals surface area contributed by atoms with E-state index in [1.54, 1.807) is 0 Å². The van der Waals surface area contributed by atoms with E-state index >= 15 is 0 Å². The van der Waals surface area contributed by atoms with Crippen molar-refractivity contribution in [2.45, 2.75) is 10.8 Å². The summed E-state index contributed by atoms with van der Waals surface area (Å²) >= 11 is 0. The summed E-state index contributed by atoms with van der Waals surface area (Å²) in [7, 11) is 0. The van der Waals surface area contributed by atoms with E-state index in [0.717, 1.165) is 61.9 Å². The van der Waals surface area contributed by atoms with Crippen LogP contribution in [0.4, 0.5) is 0 Å². The van der Waals surface area contributed by atoms with Crippen molar-refractivity contribution < 1.29 is 4.74 Å². The Bertz CT molecular complexity index is 3790. The number of rotatable bonds is 2. The van der Waals surface area contributed by atoms with Crippen molar-refractivity contribution in [1.29, 1.82) is 0 Å². The van der Waals surface area contributed by atoms with Gasteiger partial charge in [0, 0.05) is 33.7 Å². The lowest BCUT2D eigenvalue weighted by atomic mass is 9.65. The van der Waals surface area contributed by atoms with E-state index in [0.29, 0.717) is 0 Å². The summed E-state index contributed by atoms with van der Waals surface area (Å²) in [4.78, 5) is 10.5. The molecule has 3 aliphatic carbocycles. The summed E-state index contributed by atoms with van der Waals surface area (Å²) < 4.78 is 9.62. The molecular weight excluding hydrogens is 779 g/mol. The Morgan fingerprint density at radius 1 is 0.359 bits per heavy atom. The molecule has 2 atom stereocenters. The Kier molecular flexibility index (Phi) is 6.52. The lowest BCUT2D eigenvalue weighted by Crippen LogP contribution is -2.33. The minimum absolute atomic E-state index is 0.548. The summed E-state index contributed by atoms with van der Waals surface area (Å²) in [6.07, 6.45) is 3.93. The van der Waals surface area contributed by atoms with Crippen molar-refractivity contribution in [1.82, 2.24) is 14.5 Å². The largest absolute Gasteiger partial charge is 0.457 e. The van der Waals surface area contributed by atoms with Crippen molar-refractivity contribution in [2.75, 3.05) is 0 Å². The zero-order chi connectivity index (χ0) is 41.7. The fourth-order valence-electron chi connectivity index (χ4n) is 12.4. The van der Waals surface area contributed by atoms with Gasteiger partial charge >= 0.3 is 0 Å². The summed E-state index contributed by atoms with van der Waals surface area (Å²) in [6, 6.07) is 73.4. The number of aromatic nitrogens is 3. The van der Waals surface area contributed by atoms with E-state index in [1.165, 1.54) is 66.4 Å². The molecule has 4 aliphatic rings. The highest BCUT2D eigenvalue weighted by molar-refractivity contribution is 6.09. The van der Waals surface area contributed by atoms with Crippen molar-refractivity contribution in [3.8, 4) is 62.0 Å². The van der Waals surface area contributed by atoms with Crippen molar-refractivity contribution in [3.05, 3.63) is 257 Å². The number of nitrogens with zero attached hydrogens (tertiary/aromatic N) is 3. The predicted molar refractivity (Wildman–Crippen MR) is 255 cm³/mol. The Balaban J connectivity index is 1.04. The van der Waals surface area contributed by atoms with Crippen LogP contribution in [0.5, 0.6) is 11.5 Å². The minimum atomic E-state index is -0.777. The molecule has 11 aromatic rings. The van der Waals surface area contributed by atoms with Gasteiger partial charge in [-0.3, -0.25) is 9.97 Å². The number of hydrogen-bond donors (Lipinski definition) is 0. The van der Waals surface area contributed by atoms with Gasteiger partial charge in [-0.1, -0.05) is 152 Å². The maximum Gasteiger partial charge on any atom is 0.132 e. The zero-order valence-corrected chi connectivity index (χ0v) is 34.5. The van der Waals surface area contributed by atoms with Crippen molar-refractivity contribution in [2.24, 2.45) is 0 Å². The molecule has 2 spiro atoms. The van der Waals surface area contributed by atoms with E-state index in [-0.39, 0.29) is 0 Å². The molecule has 0 N–H and O–H groups in total. The van der Waals surface area contributed by atoms with Crippen LogP contribution in [0.25, 0.3) is 72.3 Å². The van der Waals surface area contributed by atoms with E-state index in [9.17, 15) is 0 Å². The second-order valence-electron chi connectivity index (χ2n) is 17.6. The standard InChI is InChI=1S/C60H35N3O/c1-2-15-36(16-3-1)37-28-29-47-43(31-37)39-17-4-8-21-45(39)59(47)46-22-9-5-18-40(46)44-33-51-56(34-50(44)59)64-55-27-13-10-23-48(55)60(51)49-24-14-30-61-57(49)58-52(60)32-38(35-62-58)63-53-25-11-6-19-41(53)42-20-7-12-26-54(42)63/h1-35H. The average molecular weight is 814 g/mol. The number of fused-ring (bicyclic) bond motifs is 22. The highest BCUT2D eigenvalue weighted by atomic mass is 16.5. The average Bonchev–Trinajstić information content (AvgIpc) is 4.04.